The second-order valence-electron chi connectivity index (χ2n) is 6.84. The molecular formula is C20H23Cl2N5O3. The molecule has 3 aromatic rings. The highest BCUT2D eigenvalue weighted by atomic mass is 35.5. The number of hydrogen-bond donors (Lipinski definition) is 3. The highest BCUT2D eigenvalue weighted by Gasteiger charge is 2.29. The molecule has 4 rings (SSSR count). The van der Waals surface area contributed by atoms with Crippen LogP contribution in [0.3, 0.4) is 0 Å². The molecule has 8 nitrogen and oxygen atoms in total. The Kier molecular flexibility index (Phi) is 7.77. The molecule has 1 fully saturated rings. The molecule has 1 aromatic carbocycles. The van der Waals surface area contributed by atoms with Crippen LogP contribution in [-0.2, 0) is 6.42 Å². The lowest BCUT2D eigenvalue weighted by Crippen LogP contribution is -2.48. The summed E-state index contributed by atoms with van der Waals surface area (Å²) in [4.78, 5) is 47.2. The molecule has 0 saturated carbocycles. The third kappa shape index (κ3) is 4.56. The van der Waals surface area contributed by atoms with Crippen LogP contribution in [0.15, 0.2) is 46.1 Å². The number of rotatable bonds is 3. The molecule has 0 spiro atoms. The number of pyridine rings is 1. The van der Waals surface area contributed by atoms with Crippen molar-refractivity contribution in [2.45, 2.75) is 19.4 Å². The number of carbonyl (C=O) groups excluding carboxylic acids is 1. The number of hydrogen-bond acceptors (Lipinski definition) is 5. The van der Waals surface area contributed by atoms with Gasteiger partial charge in [-0.15, -0.1) is 24.8 Å². The van der Waals surface area contributed by atoms with Gasteiger partial charge in [-0.05, 0) is 23.6 Å². The number of nitrogens with one attached hydrogen (secondary N) is 3. The van der Waals surface area contributed by atoms with E-state index in [1.165, 1.54) is 17.8 Å². The fourth-order valence-corrected chi connectivity index (χ4v) is 3.55. The van der Waals surface area contributed by atoms with E-state index < -0.39 is 11.2 Å². The average molecular weight is 452 g/mol. The third-order valence-electron chi connectivity index (χ3n) is 5.12. The van der Waals surface area contributed by atoms with Gasteiger partial charge in [0, 0.05) is 25.8 Å². The Labute approximate surface area is 184 Å². The first-order chi connectivity index (χ1) is 13.6. The van der Waals surface area contributed by atoms with Gasteiger partial charge in [-0.3, -0.25) is 19.6 Å². The summed E-state index contributed by atoms with van der Waals surface area (Å²) in [6.07, 6.45) is 2.37. The number of fused-ring (bicyclic) bond motifs is 1. The Hall–Kier alpha value is -2.68. The van der Waals surface area contributed by atoms with Crippen LogP contribution in [0.1, 0.15) is 34.5 Å². The van der Waals surface area contributed by atoms with Crippen molar-refractivity contribution in [2.75, 3.05) is 19.6 Å². The Morgan fingerprint density at radius 1 is 1.17 bits per heavy atom. The van der Waals surface area contributed by atoms with Gasteiger partial charge in [0.25, 0.3) is 11.5 Å². The number of benzene rings is 1. The molecule has 1 atom stereocenters. The quantitative estimate of drug-likeness (QED) is 0.562. The lowest BCUT2D eigenvalue weighted by atomic mass is 10.00. The van der Waals surface area contributed by atoms with E-state index in [9.17, 15) is 14.4 Å². The maximum Gasteiger partial charge on any atom is 0.327 e. The number of aromatic amines is 2. The van der Waals surface area contributed by atoms with E-state index in [1.54, 1.807) is 4.90 Å². The van der Waals surface area contributed by atoms with Crippen molar-refractivity contribution < 1.29 is 4.79 Å². The van der Waals surface area contributed by atoms with Crippen LogP contribution in [0, 0.1) is 0 Å². The zero-order valence-corrected chi connectivity index (χ0v) is 17.9. The summed E-state index contributed by atoms with van der Waals surface area (Å²) in [5.41, 5.74) is 1.61. The van der Waals surface area contributed by atoms with E-state index >= 15 is 0 Å². The molecule has 2 aromatic heterocycles. The highest BCUT2D eigenvalue weighted by molar-refractivity contribution is 5.97. The van der Waals surface area contributed by atoms with Crippen LogP contribution in [0.4, 0.5) is 0 Å². The van der Waals surface area contributed by atoms with Gasteiger partial charge in [-0.2, -0.15) is 0 Å². The monoisotopic (exact) mass is 451 g/mol. The number of piperazine rings is 1. The van der Waals surface area contributed by atoms with Crippen molar-refractivity contribution in [1.29, 1.82) is 0 Å². The number of aryl methyl sites for hydroxylation is 1. The van der Waals surface area contributed by atoms with Gasteiger partial charge in [0.15, 0.2) is 0 Å². The Morgan fingerprint density at radius 2 is 1.90 bits per heavy atom. The second-order valence-corrected chi connectivity index (χ2v) is 6.84. The van der Waals surface area contributed by atoms with Crippen molar-refractivity contribution in [2.24, 2.45) is 0 Å². The highest BCUT2D eigenvalue weighted by Crippen LogP contribution is 2.25. The Morgan fingerprint density at radius 3 is 2.60 bits per heavy atom. The van der Waals surface area contributed by atoms with Crippen LogP contribution < -0.4 is 16.6 Å². The summed E-state index contributed by atoms with van der Waals surface area (Å²) in [6.45, 7) is 4.02. The molecule has 10 heteroatoms. The number of aromatic nitrogens is 3. The van der Waals surface area contributed by atoms with Crippen molar-refractivity contribution in [3.05, 3.63) is 74.1 Å². The maximum absolute atomic E-state index is 13.2. The van der Waals surface area contributed by atoms with Crippen LogP contribution in [0.2, 0.25) is 0 Å². The van der Waals surface area contributed by atoms with Crippen molar-refractivity contribution in [3.8, 4) is 0 Å². The number of carbonyl (C=O) groups is 1. The summed E-state index contributed by atoms with van der Waals surface area (Å²) >= 11 is 0. The predicted octanol–water partition coefficient (Wildman–Crippen LogP) is 1.80. The smallest absolute Gasteiger partial charge is 0.327 e. The lowest BCUT2D eigenvalue weighted by molar-refractivity contribution is 0.0634. The van der Waals surface area contributed by atoms with Gasteiger partial charge < -0.3 is 10.2 Å². The number of nitrogens with zero attached hydrogens (tertiary/aromatic N) is 2. The minimum absolute atomic E-state index is 0. The molecule has 1 amide bonds. The van der Waals surface area contributed by atoms with Gasteiger partial charge in [0.05, 0.1) is 17.0 Å². The summed E-state index contributed by atoms with van der Waals surface area (Å²) in [6, 6.07) is 9.67. The summed E-state index contributed by atoms with van der Waals surface area (Å²) < 4.78 is 0. The first kappa shape index (κ1) is 23.6. The number of amides is 1. The van der Waals surface area contributed by atoms with Crippen molar-refractivity contribution in [3.63, 3.8) is 0 Å². The van der Waals surface area contributed by atoms with Gasteiger partial charge >= 0.3 is 5.69 Å². The molecule has 30 heavy (non-hydrogen) atoms. The molecule has 1 saturated heterocycles. The molecule has 0 radical (unpaired) electrons. The van der Waals surface area contributed by atoms with Crippen LogP contribution in [-0.4, -0.2) is 45.4 Å². The standard InChI is InChI=1S/C20H21N5O3.2ClH/c1-2-12-3-5-13(6-4-12)16-11-21-7-8-25(16)19(27)14-9-15-17(22-10-14)23-20(28)24-18(15)26;;/h3-6,9-10,16,21H,2,7-8,11H2,1H3,(H2,22,23,24,26,28);2*1H. The second kappa shape index (κ2) is 9.88. The summed E-state index contributed by atoms with van der Waals surface area (Å²) in [5.74, 6) is -0.189. The third-order valence-corrected chi connectivity index (χ3v) is 5.12. The molecule has 1 aliphatic heterocycles. The fourth-order valence-electron chi connectivity index (χ4n) is 3.55. The van der Waals surface area contributed by atoms with Gasteiger partial charge in [-0.25, -0.2) is 9.78 Å². The zero-order valence-electron chi connectivity index (χ0n) is 16.3. The first-order valence-electron chi connectivity index (χ1n) is 9.29. The van der Waals surface area contributed by atoms with E-state index in [2.05, 4.69) is 51.5 Å². The van der Waals surface area contributed by atoms with E-state index in [0.29, 0.717) is 25.2 Å². The first-order valence-corrected chi connectivity index (χ1v) is 9.29. The predicted molar refractivity (Wildman–Crippen MR) is 120 cm³/mol. The van der Waals surface area contributed by atoms with Crippen LogP contribution in [0.5, 0.6) is 0 Å². The number of H-pyrrole nitrogens is 2. The van der Waals surface area contributed by atoms with Crippen LogP contribution >= 0.6 is 24.8 Å². The average Bonchev–Trinajstić information content (AvgIpc) is 2.73. The Bertz CT molecular complexity index is 1140. The van der Waals surface area contributed by atoms with E-state index in [1.807, 2.05) is 0 Å². The largest absolute Gasteiger partial charge is 0.329 e. The van der Waals surface area contributed by atoms with E-state index in [4.69, 9.17) is 0 Å². The molecule has 1 aliphatic rings. The van der Waals surface area contributed by atoms with Gasteiger partial charge in [-0.1, -0.05) is 31.2 Å². The topological polar surface area (TPSA) is 111 Å². The normalized spacial score (nSPS) is 15.9. The molecule has 0 aliphatic carbocycles. The molecule has 3 N–H and O–H groups in total. The zero-order chi connectivity index (χ0) is 19.7. The minimum Gasteiger partial charge on any atom is -0.329 e. The molecular weight excluding hydrogens is 429 g/mol. The maximum atomic E-state index is 13.2. The van der Waals surface area contributed by atoms with Crippen molar-refractivity contribution >= 4 is 41.8 Å². The summed E-state index contributed by atoms with van der Waals surface area (Å²) in [5, 5.41) is 3.52. The minimum atomic E-state index is -0.623. The van der Waals surface area contributed by atoms with Gasteiger partial charge in [0.2, 0.25) is 0 Å². The van der Waals surface area contributed by atoms with Gasteiger partial charge in [0.1, 0.15) is 5.65 Å². The van der Waals surface area contributed by atoms with Crippen molar-refractivity contribution in [1.82, 2.24) is 25.2 Å². The molecule has 160 valence electrons. The van der Waals surface area contributed by atoms with E-state index in [0.717, 1.165) is 12.0 Å². The van der Waals surface area contributed by atoms with Crippen LogP contribution in [0.25, 0.3) is 11.0 Å². The SMILES string of the molecule is CCc1ccc(C2CNCCN2C(=O)c2cnc3[nH]c(=O)[nH]c(=O)c3c2)cc1.Cl.Cl. The number of halogens is 2. The van der Waals surface area contributed by atoms with E-state index in [-0.39, 0.29) is 47.8 Å². The molecule has 0 bridgehead atoms. The molecule has 1 unspecified atom stereocenters. The Balaban J connectivity index is 0.00000160. The fraction of sp³-hybridized carbons (Fsp3) is 0.300. The lowest BCUT2D eigenvalue weighted by Gasteiger charge is -2.36. The summed E-state index contributed by atoms with van der Waals surface area (Å²) in [7, 11) is 0. The molecule has 3 heterocycles.